The van der Waals surface area contributed by atoms with Crippen molar-refractivity contribution in [3.8, 4) is 11.8 Å². The van der Waals surface area contributed by atoms with Crippen molar-refractivity contribution in [1.82, 2.24) is 4.90 Å². The van der Waals surface area contributed by atoms with Crippen LogP contribution in [0.4, 0.5) is 0 Å². The molecule has 1 unspecified atom stereocenters. The number of rotatable bonds is 9. The van der Waals surface area contributed by atoms with E-state index in [9.17, 15) is 4.79 Å². The Labute approximate surface area is 144 Å². The molecular formula is C19H24ClNO2. The number of hydrogen-bond acceptors (Lipinski definition) is 3. The first-order valence-corrected chi connectivity index (χ1v) is 8.36. The summed E-state index contributed by atoms with van der Waals surface area (Å²) in [6.07, 6.45) is 3.26. The Balaban J connectivity index is 2.92. The Morgan fingerprint density at radius 2 is 2.17 bits per heavy atom. The van der Waals surface area contributed by atoms with Gasteiger partial charge in [-0.1, -0.05) is 42.3 Å². The molecule has 0 aliphatic rings. The number of halogens is 1. The van der Waals surface area contributed by atoms with Gasteiger partial charge in [0.15, 0.2) is 6.04 Å². The minimum Gasteiger partial charge on any atom is -0.464 e. The van der Waals surface area contributed by atoms with E-state index in [1.165, 1.54) is 0 Å². The first-order chi connectivity index (χ1) is 11.2. The average molecular weight is 334 g/mol. The number of nitrogens with zero attached hydrogens (tertiary/aromatic N) is 1. The van der Waals surface area contributed by atoms with Crippen molar-refractivity contribution in [2.24, 2.45) is 0 Å². The number of carbonyl (C=O) groups excluding carboxylic acids is 1. The molecule has 0 radical (unpaired) electrons. The van der Waals surface area contributed by atoms with E-state index >= 15 is 0 Å². The van der Waals surface area contributed by atoms with E-state index in [1.807, 2.05) is 35.2 Å². The molecule has 4 heteroatoms. The van der Waals surface area contributed by atoms with Crippen LogP contribution in [-0.2, 0) is 16.1 Å². The second-order valence-corrected chi connectivity index (χ2v) is 5.35. The highest BCUT2D eigenvalue weighted by Gasteiger charge is 2.24. The fourth-order valence-corrected chi connectivity index (χ4v) is 2.22. The van der Waals surface area contributed by atoms with Crippen LogP contribution in [0.5, 0.6) is 0 Å². The number of ether oxygens (including phenoxy) is 1. The third-order valence-electron chi connectivity index (χ3n) is 3.14. The van der Waals surface area contributed by atoms with Gasteiger partial charge in [-0.15, -0.1) is 24.1 Å². The molecule has 0 fully saturated rings. The highest BCUT2D eigenvalue weighted by Crippen LogP contribution is 2.10. The van der Waals surface area contributed by atoms with Gasteiger partial charge in [-0.25, -0.2) is 4.79 Å². The van der Waals surface area contributed by atoms with Crippen LogP contribution in [0.1, 0.15) is 25.3 Å². The maximum atomic E-state index is 12.3. The van der Waals surface area contributed by atoms with E-state index < -0.39 is 6.04 Å². The van der Waals surface area contributed by atoms with Gasteiger partial charge in [0.1, 0.15) is 0 Å². The van der Waals surface area contributed by atoms with Crippen LogP contribution in [0.3, 0.4) is 0 Å². The molecule has 1 aromatic rings. The lowest BCUT2D eigenvalue weighted by molar-refractivity contribution is -0.147. The summed E-state index contributed by atoms with van der Waals surface area (Å²) in [4.78, 5) is 14.3. The summed E-state index contributed by atoms with van der Waals surface area (Å²) in [6, 6.07) is 9.39. The summed E-state index contributed by atoms with van der Waals surface area (Å²) in [5.74, 6) is 6.33. The number of hydrogen-bond donors (Lipinski definition) is 0. The maximum absolute atomic E-state index is 12.3. The third-order valence-corrected chi connectivity index (χ3v) is 3.41. The number of alkyl halides is 1. The Hall–Kier alpha value is -1.76. The quantitative estimate of drug-likeness (QED) is 0.227. The SMILES string of the molecule is C=CCN(Cc1ccccc1)C(C#CCCCCl)C(=O)OCC. The van der Waals surface area contributed by atoms with Gasteiger partial charge in [-0.3, -0.25) is 4.90 Å². The smallest absolute Gasteiger partial charge is 0.335 e. The summed E-state index contributed by atoms with van der Waals surface area (Å²) in [6.45, 7) is 7.09. The number of esters is 1. The van der Waals surface area contributed by atoms with Gasteiger partial charge in [0, 0.05) is 25.4 Å². The van der Waals surface area contributed by atoms with Gasteiger partial charge < -0.3 is 4.74 Å². The zero-order valence-corrected chi connectivity index (χ0v) is 14.4. The van der Waals surface area contributed by atoms with Crippen molar-refractivity contribution < 1.29 is 9.53 Å². The molecule has 0 aliphatic heterocycles. The average Bonchev–Trinajstić information content (AvgIpc) is 2.56. The fourth-order valence-electron chi connectivity index (χ4n) is 2.09. The van der Waals surface area contributed by atoms with E-state index in [0.29, 0.717) is 32.0 Å². The van der Waals surface area contributed by atoms with Crippen LogP contribution in [0.15, 0.2) is 43.0 Å². The van der Waals surface area contributed by atoms with Crippen molar-refractivity contribution in [1.29, 1.82) is 0 Å². The Morgan fingerprint density at radius 1 is 1.43 bits per heavy atom. The summed E-state index contributed by atoms with van der Waals surface area (Å²) >= 11 is 5.67. The molecular weight excluding hydrogens is 310 g/mol. The molecule has 0 N–H and O–H groups in total. The summed E-state index contributed by atoms with van der Waals surface area (Å²) in [5, 5.41) is 0. The molecule has 3 nitrogen and oxygen atoms in total. The maximum Gasteiger partial charge on any atom is 0.335 e. The second-order valence-electron chi connectivity index (χ2n) is 4.97. The van der Waals surface area contributed by atoms with Gasteiger partial charge in [-0.2, -0.15) is 0 Å². The zero-order valence-electron chi connectivity index (χ0n) is 13.6. The van der Waals surface area contributed by atoms with Crippen LogP contribution in [0, 0.1) is 11.8 Å². The minimum absolute atomic E-state index is 0.316. The second kappa shape index (κ2) is 11.8. The minimum atomic E-state index is -0.594. The van der Waals surface area contributed by atoms with Gasteiger partial charge in [-0.05, 0) is 18.9 Å². The van der Waals surface area contributed by atoms with Crippen molar-refractivity contribution in [2.75, 3.05) is 19.0 Å². The Morgan fingerprint density at radius 3 is 2.78 bits per heavy atom. The Bertz CT molecular complexity index is 533. The standard InChI is InChI=1S/C19H24ClNO2/c1-3-15-21(16-17-11-7-5-8-12-17)18(19(22)23-4-2)13-9-6-10-14-20/h3,5,7-8,11-12,18H,1,4,6,10,14-16H2,2H3. The first kappa shape index (κ1) is 19.3. The normalized spacial score (nSPS) is 11.4. The van der Waals surface area contributed by atoms with E-state index in [-0.39, 0.29) is 5.97 Å². The van der Waals surface area contributed by atoms with Crippen molar-refractivity contribution in [3.63, 3.8) is 0 Å². The molecule has 0 heterocycles. The largest absolute Gasteiger partial charge is 0.464 e. The van der Waals surface area contributed by atoms with Crippen LogP contribution < -0.4 is 0 Å². The van der Waals surface area contributed by atoms with Crippen LogP contribution in [-0.4, -0.2) is 35.9 Å². The van der Waals surface area contributed by atoms with Gasteiger partial charge in [0.2, 0.25) is 0 Å². The van der Waals surface area contributed by atoms with E-state index in [2.05, 4.69) is 18.4 Å². The molecule has 1 aromatic carbocycles. The molecule has 1 atom stereocenters. The molecule has 23 heavy (non-hydrogen) atoms. The van der Waals surface area contributed by atoms with Crippen LogP contribution in [0.25, 0.3) is 0 Å². The van der Waals surface area contributed by atoms with Crippen LogP contribution >= 0.6 is 11.6 Å². The van der Waals surface area contributed by atoms with Gasteiger partial charge in [0.05, 0.1) is 6.61 Å². The van der Waals surface area contributed by atoms with Crippen LogP contribution in [0.2, 0.25) is 0 Å². The molecule has 0 spiro atoms. The van der Waals surface area contributed by atoms with E-state index in [0.717, 1.165) is 12.0 Å². The molecule has 0 amide bonds. The number of carbonyl (C=O) groups is 1. The highest BCUT2D eigenvalue weighted by molar-refractivity contribution is 6.17. The molecule has 0 aliphatic carbocycles. The molecule has 0 saturated heterocycles. The predicted molar refractivity (Wildman–Crippen MR) is 95.2 cm³/mol. The number of unbranched alkanes of at least 4 members (excludes halogenated alkanes) is 1. The zero-order chi connectivity index (χ0) is 16.9. The first-order valence-electron chi connectivity index (χ1n) is 7.82. The number of benzene rings is 1. The fraction of sp³-hybridized carbons (Fsp3) is 0.421. The summed E-state index contributed by atoms with van der Waals surface area (Å²) in [7, 11) is 0. The summed E-state index contributed by atoms with van der Waals surface area (Å²) in [5.41, 5.74) is 1.12. The molecule has 0 bridgehead atoms. The van der Waals surface area contributed by atoms with Crippen molar-refractivity contribution in [2.45, 2.75) is 32.4 Å². The predicted octanol–water partition coefficient (Wildman–Crippen LogP) is 3.63. The monoisotopic (exact) mass is 333 g/mol. The topological polar surface area (TPSA) is 29.5 Å². The van der Waals surface area contributed by atoms with E-state index in [1.54, 1.807) is 13.0 Å². The van der Waals surface area contributed by atoms with E-state index in [4.69, 9.17) is 16.3 Å². The Kier molecular flexibility index (Phi) is 9.86. The lowest BCUT2D eigenvalue weighted by atomic mass is 10.1. The third kappa shape index (κ3) is 7.36. The molecule has 124 valence electrons. The van der Waals surface area contributed by atoms with Crippen molar-refractivity contribution in [3.05, 3.63) is 48.6 Å². The van der Waals surface area contributed by atoms with Crippen molar-refractivity contribution >= 4 is 17.6 Å². The summed E-state index contributed by atoms with van der Waals surface area (Å²) < 4.78 is 5.18. The highest BCUT2D eigenvalue weighted by atomic mass is 35.5. The van der Waals surface area contributed by atoms with Gasteiger partial charge in [0.25, 0.3) is 0 Å². The molecule has 0 aromatic heterocycles. The molecule has 0 saturated carbocycles. The molecule has 1 rings (SSSR count). The lowest BCUT2D eigenvalue weighted by Crippen LogP contribution is -2.41. The lowest BCUT2D eigenvalue weighted by Gasteiger charge is -2.25. The van der Waals surface area contributed by atoms with Gasteiger partial charge >= 0.3 is 5.97 Å².